The minimum Gasteiger partial charge on any atom is -0.391 e. The third-order valence-corrected chi connectivity index (χ3v) is 10.1. The first kappa shape index (κ1) is 37.2. The highest BCUT2D eigenvalue weighted by molar-refractivity contribution is 8.76. The van der Waals surface area contributed by atoms with E-state index < -0.39 is 0 Å². The van der Waals surface area contributed by atoms with Gasteiger partial charge in [-0.1, -0.05) is 64.1 Å². The minimum absolute atomic E-state index is 0.148. The Bertz CT molecular complexity index is 1430. The van der Waals surface area contributed by atoms with Gasteiger partial charge in [-0.05, 0) is 84.5 Å². The third kappa shape index (κ3) is 12.9. The molecular formula is C38H52N4O2S2+2. The van der Waals surface area contributed by atoms with E-state index >= 15 is 0 Å². The fourth-order valence-electron chi connectivity index (χ4n) is 4.82. The van der Waals surface area contributed by atoms with Crippen molar-refractivity contribution >= 4 is 50.7 Å². The smallest absolute Gasteiger partial charge is 0.171 e. The zero-order chi connectivity index (χ0) is 33.1. The fourth-order valence-corrected chi connectivity index (χ4v) is 6.91. The van der Waals surface area contributed by atoms with Gasteiger partial charge in [0.15, 0.2) is 18.9 Å². The minimum atomic E-state index is 0.148. The third-order valence-electron chi connectivity index (χ3n) is 7.72. The molecule has 1 aromatic heterocycles. The van der Waals surface area contributed by atoms with E-state index in [1.165, 1.54) is 44.8 Å². The van der Waals surface area contributed by atoms with Gasteiger partial charge in [0.1, 0.15) is 13.2 Å². The van der Waals surface area contributed by atoms with Crippen LogP contribution in [0.1, 0.15) is 37.5 Å². The summed E-state index contributed by atoms with van der Waals surface area (Å²) in [6.07, 6.45) is 14.7. The number of quaternary nitrogens is 1. The molecule has 0 saturated carbocycles. The Hall–Kier alpha value is -3.27. The van der Waals surface area contributed by atoms with Gasteiger partial charge in [0.25, 0.3) is 0 Å². The Morgan fingerprint density at radius 2 is 1.33 bits per heavy atom. The molecule has 3 rings (SSSR count). The van der Waals surface area contributed by atoms with Crippen LogP contribution < -0.4 is 19.7 Å². The highest BCUT2D eigenvalue weighted by atomic mass is 33.1. The first-order valence-electron chi connectivity index (χ1n) is 16.0. The molecule has 0 atom stereocenters. The second-order valence-electron chi connectivity index (χ2n) is 11.2. The number of nitrogens with two attached hydrogens (primary N) is 1. The van der Waals surface area contributed by atoms with Crippen molar-refractivity contribution in [2.75, 3.05) is 68.2 Å². The molecule has 8 heteroatoms. The molecule has 0 aliphatic carbocycles. The Kier molecular flexibility index (Phi) is 16.8. The zero-order valence-electron chi connectivity index (χ0n) is 28.1. The van der Waals surface area contributed by atoms with Crippen LogP contribution in [0.4, 0.5) is 11.4 Å². The number of benzene rings is 2. The van der Waals surface area contributed by atoms with E-state index in [1.54, 1.807) is 0 Å². The maximum atomic E-state index is 9.11. The zero-order valence-corrected chi connectivity index (χ0v) is 29.7. The number of hydrogen-bond acceptors (Lipinski definition) is 6. The molecular weight excluding hydrogens is 609 g/mol. The number of pyridine rings is 1. The van der Waals surface area contributed by atoms with Crippen LogP contribution in [0.25, 0.3) is 17.7 Å². The predicted octanol–water partition coefficient (Wildman–Crippen LogP) is 5.90. The molecule has 1 heterocycles. The van der Waals surface area contributed by atoms with Crippen molar-refractivity contribution in [1.29, 1.82) is 0 Å². The first-order valence-corrected chi connectivity index (χ1v) is 18.4. The topological polar surface area (TPSA) is 67.4 Å². The molecule has 4 N–H and O–H groups in total. The van der Waals surface area contributed by atoms with Crippen molar-refractivity contribution < 1.29 is 20.1 Å². The van der Waals surface area contributed by atoms with E-state index in [9.17, 15) is 0 Å². The molecule has 0 spiro atoms. The van der Waals surface area contributed by atoms with Crippen LogP contribution >= 0.6 is 21.6 Å². The number of anilines is 2. The van der Waals surface area contributed by atoms with E-state index in [0.717, 1.165) is 24.6 Å². The van der Waals surface area contributed by atoms with Crippen LogP contribution in [0.3, 0.4) is 0 Å². The summed E-state index contributed by atoms with van der Waals surface area (Å²) < 4.78 is 1.99. The molecule has 0 saturated heterocycles. The van der Waals surface area contributed by atoms with E-state index in [4.69, 9.17) is 10.2 Å². The second-order valence-corrected chi connectivity index (χ2v) is 13.9. The van der Waals surface area contributed by atoms with Gasteiger partial charge in [-0.15, -0.1) is 0 Å². The lowest BCUT2D eigenvalue weighted by Crippen LogP contribution is -2.79. The van der Waals surface area contributed by atoms with Crippen LogP contribution in [0.15, 0.2) is 103 Å². The number of aliphatic hydroxyl groups is 2. The van der Waals surface area contributed by atoms with Gasteiger partial charge in [-0.2, -0.15) is 0 Å². The fraction of sp³-hybridized carbons (Fsp3) is 0.342. The van der Waals surface area contributed by atoms with Crippen LogP contribution in [-0.2, 0) is 6.54 Å². The highest BCUT2D eigenvalue weighted by Crippen LogP contribution is 2.25. The second kappa shape index (κ2) is 20.8. The Morgan fingerprint density at radius 3 is 1.83 bits per heavy atom. The molecule has 46 heavy (non-hydrogen) atoms. The summed E-state index contributed by atoms with van der Waals surface area (Å²) in [6.45, 7) is 9.95. The standard InChI is InChI=1S/C38H51N4O2S2/c1-6-35(15-18-39-19-25-43)31(2)29-33-7-11-37(12-8-33)40(4)23-27-45-46-28-24-41(5)38-13-9-34(10-14-38)30-32(3)36-16-20-42(21-17-36)22-26-44/h6-18,20-21,29-30,39,43-44H,19,22-28H2,1-5H3/q+1/p+1/b18-15-,31-29+,35-6+. The highest BCUT2D eigenvalue weighted by Gasteiger charge is 2.06. The summed E-state index contributed by atoms with van der Waals surface area (Å²) >= 11 is 0. The summed E-state index contributed by atoms with van der Waals surface area (Å²) in [5.41, 5.74) is 9.65. The predicted molar refractivity (Wildman–Crippen MR) is 202 cm³/mol. The van der Waals surface area contributed by atoms with Gasteiger partial charge < -0.3 is 25.3 Å². The van der Waals surface area contributed by atoms with Crippen LogP contribution in [0.5, 0.6) is 0 Å². The molecule has 0 aliphatic rings. The van der Waals surface area contributed by atoms with E-state index in [2.05, 4.69) is 130 Å². The van der Waals surface area contributed by atoms with Gasteiger partial charge in [-0.25, -0.2) is 4.57 Å². The maximum absolute atomic E-state index is 9.11. The summed E-state index contributed by atoms with van der Waals surface area (Å²) in [5.74, 6) is 2.14. The summed E-state index contributed by atoms with van der Waals surface area (Å²) in [5, 5.41) is 20.0. The summed E-state index contributed by atoms with van der Waals surface area (Å²) in [4.78, 5) is 4.64. The van der Waals surface area contributed by atoms with Gasteiger partial charge in [0.05, 0.1) is 12.8 Å². The van der Waals surface area contributed by atoms with Crippen molar-refractivity contribution in [3.8, 4) is 0 Å². The van der Waals surface area contributed by atoms with Crippen molar-refractivity contribution in [2.45, 2.75) is 27.3 Å². The van der Waals surface area contributed by atoms with Crippen molar-refractivity contribution in [3.63, 3.8) is 0 Å². The number of aliphatic hydroxyl groups excluding tert-OH is 2. The molecule has 0 radical (unpaired) electrons. The Labute approximate surface area is 284 Å². The van der Waals surface area contributed by atoms with E-state index in [0.29, 0.717) is 13.1 Å². The molecule has 2 aromatic carbocycles. The number of allylic oxidation sites excluding steroid dienone is 5. The summed E-state index contributed by atoms with van der Waals surface area (Å²) in [6, 6.07) is 21.7. The molecule has 0 aliphatic heterocycles. The Morgan fingerprint density at radius 1 is 0.783 bits per heavy atom. The number of hydrogen-bond donors (Lipinski definition) is 3. The lowest BCUT2D eigenvalue weighted by molar-refractivity contribution is -0.698. The molecule has 0 amide bonds. The van der Waals surface area contributed by atoms with Crippen molar-refractivity contribution in [3.05, 3.63) is 119 Å². The number of nitrogens with zero attached hydrogens (tertiary/aromatic N) is 3. The van der Waals surface area contributed by atoms with E-state index in [-0.39, 0.29) is 13.2 Å². The van der Waals surface area contributed by atoms with Gasteiger partial charge in [0, 0.05) is 62.2 Å². The van der Waals surface area contributed by atoms with Crippen LogP contribution in [-0.4, -0.2) is 68.7 Å². The number of rotatable bonds is 19. The van der Waals surface area contributed by atoms with Crippen molar-refractivity contribution in [2.24, 2.45) is 0 Å². The average molecular weight is 661 g/mol. The molecule has 3 aromatic rings. The molecule has 0 bridgehead atoms. The SMILES string of the molecule is C/C=C(\C=C/[NH2+]CCO)C(/C)=C/c1ccc(N(C)CCSSCCN(C)c2ccc(/C=C(\C)c3cc[n+](CCO)cc3)cc2)cc1. The lowest BCUT2D eigenvalue weighted by Gasteiger charge is -2.20. The Balaban J connectivity index is 1.37. The average Bonchev–Trinajstić information content (AvgIpc) is 3.07. The van der Waals surface area contributed by atoms with Crippen molar-refractivity contribution in [1.82, 2.24) is 0 Å². The summed E-state index contributed by atoms with van der Waals surface area (Å²) in [7, 11) is 8.20. The monoisotopic (exact) mass is 660 g/mol. The van der Waals surface area contributed by atoms with Gasteiger partial charge in [0.2, 0.25) is 0 Å². The van der Waals surface area contributed by atoms with Gasteiger partial charge >= 0.3 is 0 Å². The normalized spacial score (nSPS) is 12.6. The largest absolute Gasteiger partial charge is 0.391 e. The van der Waals surface area contributed by atoms with E-state index in [1.807, 2.05) is 50.1 Å². The molecule has 6 nitrogen and oxygen atoms in total. The molecule has 0 fully saturated rings. The van der Waals surface area contributed by atoms with Gasteiger partial charge in [-0.3, -0.25) is 0 Å². The quantitative estimate of drug-likeness (QED) is 0.0645. The van der Waals surface area contributed by atoms with Crippen LogP contribution in [0, 0.1) is 0 Å². The number of aromatic nitrogens is 1. The lowest BCUT2D eigenvalue weighted by atomic mass is 10.0. The van der Waals surface area contributed by atoms with Crippen LogP contribution in [0.2, 0.25) is 0 Å². The first-order chi connectivity index (χ1) is 22.3. The molecule has 0 unspecified atom stereocenters. The molecule has 246 valence electrons. The maximum Gasteiger partial charge on any atom is 0.171 e.